The van der Waals surface area contributed by atoms with E-state index >= 15 is 0 Å². The minimum atomic E-state index is -3.73. The van der Waals surface area contributed by atoms with Gasteiger partial charge >= 0.3 is 0 Å². The Morgan fingerprint density at radius 1 is 1.06 bits per heavy atom. The Morgan fingerprint density at radius 2 is 1.79 bits per heavy atom. The van der Waals surface area contributed by atoms with Gasteiger partial charge in [0.1, 0.15) is 20.5 Å². The average molecular weight is 489 g/mol. The van der Waals surface area contributed by atoms with Crippen LogP contribution in [0.5, 0.6) is 0 Å². The zero-order valence-corrected chi connectivity index (χ0v) is 20.9. The number of rotatable bonds is 5. The Morgan fingerprint density at radius 3 is 2.42 bits per heavy atom. The molecule has 0 aliphatic carbocycles. The average Bonchev–Trinajstić information content (AvgIpc) is 3.23. The van der Waals surface area contributed by atoms with E-state index in [9.17, 15) is 13.2 Å². The standard InChI is InChI=1S/C23H28N4O4S2/c1-5-18-7-9-19(10-8-18)22-24-15(2)20(32-22)23(28)26-11-6-12-27(14-13-26)33(29,30)21-16(3)25-31-17(21)4/h7-10H,5-6,11-14H2,1-4H3. The first-order chi connectivity index (χ1) is 15.7. The van der Waals surface area contributed by atoms with Gasteiger partial charge in [-0.15, -0.1) is 11.3 Å². The van der Waals surface area contributed by atoms with Crippen molar-refractivity contribution in [2.24, 2.45) is 0 Å². The number of amides is 1. The smallest absolute Gasteiger partial charge is 0.265 e. The van der Waals surface area contributed by atoms with Gasteiger partial charge < -0.3 is 9.42 Å². The van der Waals surface area contributed by atoms with Crippen LogP contribution >= 0.6 is 11.3 Å². The molecule has 10 heteroatoms. The summed E-state index contributed by atoms with van der Waals surface area (Å²) in [4.78, 5) is 20.4. The van der Waals surface area contributed by atoms with Crippen molar-refractivity contribution in [3.05, 3.63) is 51.9 Å². The first kappa shape index (κ1) is 23.6. The number of hydrogen-bond acceptors (Lipinski definition) is 7. The summed E-state index contributed by atoms with van der Waals surface area (Å²) in [6.07, 6.45) is 1.52. The molecule has 0 N–H and O–H groups in total. The number of aromatic nitrogens is 2. The van der Waals surface area contributed by atoms with Crippen molar-refractivity contribution in [3.63, 3.8) is 0 Å². The van der Waals surface area contributed by atoms with E-state index in [4.69, 9.17) is 4.52 Å². The van der Waals surface area contributed by atoms with E-state index in [1.807, 2.05) is 19.1 Å². The molecule has 3 aromatic rings. The molecule has 3 heterocycles. The van der Waals surface area contributed by atoms with Crippen molar-refractivity contribution < 1.29 is 17.7 Å². The van der Waals surface area contributed by atoms with Gasteiger partial charge in [0.15, 0.2) is 5.76 Å². The molecule has 0 radical (unpaired) electrons. The molecule has 0 unspecified atom stereocenters. The molecule has 4 rings (SSSR count). The van der Waals surface area contributed by atoms with Crippen molar-refractivity contribution in [2.75, 3.05) is 26.2 Å². The van der Waals surface area contributed by atoms with E-state index in [-0.39, 0.29) is 23.1 Å². The Balaban J connectivity index is 1.51. The zero-order valence-electron chi connectivity index (χ0n) is 19.3. The van der Waals surface area contributed by atoms with Crippen molar-refractivity contribution in [1.29, 1.82) is 0 Å². The maximum absolute atomic E-state index is 13.3. The van der Waals surface area contributed by atoms with Crippen LogP contribution in [0.1, 0.15) is 45.7 Å². The summed E-state index contributed by atoms with van der Waals surface area (Å²) < 4.78 is 32.8. The van der Waals surface area contributed by atoms with Crippen LogP contribution < -0.4 is 0 Å². The third-order valence-corrected chi connectivity index (χ3v) is 9.25. The lowest BCUT2D eigenvalue weighted by atomic mass is 10.1. The minimum absolute atomic E-state index is 0.0991. The number of benzene rings is 1. The van der Waals surface area contributed by atoms with Gasteiger partial charge in [0, 0.05) is 31.7 Å². The minimum Gasteiger partial charge on any atom is -0.360 e. The first-order valence-electron chi connectivity index (χ1n) is 11.0. The van der Waals surface area contributed by atoms with Crippen LogP contribution in [-0.2, 0) is 16.4 Å². The fourth-order valence-electron chi connectivity index (χ4n) is 4.05. The summed E-state index contributed by atoms with van der Waals surface area (Å²) in [5, 5.41) is 4.59. The quantitative estimate of drug-likeness (QED) is 0.542. The van der Waals surface area contributed by atoms with Crippen LogP contribution in [0.25, 0.3) is 10.6 Å². The monoisotopic (exact) mass is 488 g/mol. The van der Waals surface area contributed by atoms with Crippen LogP contribution in [-0.4, -0.2) is 59.8 Å². The second-order valence-electron chi connectivity index (χ2n) is 8.19. The summed E-state index contributed by atoms with van der Waals surface area (Å²) in [5.41, 5.74) is 3.30. The Bertz CT molecular complexity index is 1240. The van der Waals surface area contributed by atoms with Gasteiger partial charge in [0.25, 0.3) is 5.91 Å². The number of thiazole rings is 1. The molecule has 1 aliphatic rings. The molecule has 8 nitrogen and oxygen atoms in total. The first-order valence-corrected chi connectivity index (χ1v) is 13.3. The summed E-state index contributed by atoms with van der Waals surface area (Å²) in [6, 6.07) is 8.23. The second-order valence-corrected chi connectivity index (χ2v) is 11.1. The predicted molar refractivity (Wildman–Crippen MR) is 127 cm³/mol. The van der Waals surface area contributed by atoms with Crippen LogP contribution in [0.15, 0.2) is 33.7 Å². The molecule has 176 valence electrons. The molecule has 0 spiro atoms. The van der Waals surface area contributed by atoms with Crippen molar-refractivity contribution >= 4 is 27.3 Å². The largest absolute Gasteiger partial charge is 0.360 e. The van der Waals surface area contributed by atoms with Crippen molar-refractivity contribution in [1.82, 2.24) is 19.3 Å². The topological polar surface area (TPSA) is 96.6 Å². The molecule has 0 atom stereocenters. The van der Waals surface area contributed by atoms with Crippen LogP contribution in [0.2, 0.25) is 0 Å². The normalized spacial score (nSPS) is 15.6. The van der Waals surface area contributed by atoms with E-state index < -0.39 is 10.0 Å². The maximum atomic E-state index is 13.3. The fraction of sp³-hybridized carbons (Fsp3) is 0.435. The number of nitrogens with zero attached hydrogens (tertiary/aromatic N) is 4. The Labute approximate surface area is 198 Å². The van der Waals surface area contributed by atoms with E-state index in [2.05, 4.69) is 29.2 Å². The highest BCUT2D eigenvalue weighted by molar-refractivity contribution is 7.89. The van der Waals surface area contributed by atoms with Gasteiger partial charge in [-0.3, -0.25) is 4.79 Å². The number of hydrogen-bond donors (Lipinski definition) is 0. The summed E-state index contributed by atoms with van der Waals surface area (Å²) in [7, 11) is -3.73. The highest BCUT2D eigenvalue weighted by Crippen LogP contribution is 2.30. The number of carbonyl (C=O) groups excluding carboxylic acids is 1. The van der Waals surface area contributed by atoms with E-state index in [0.717, 1.165) is 17.0 Å². The number of carbonyl (C=O) groups is 1. The van der Waals surface area contributed by atoms with Gasteiger partial charge in [-0.1, -0.05) is 36.3 Å². The maximum Gasteiger partial charge on any atom is 0.265 e. The van der Waals surface area contributed by atoms with Crippen LogP contribution in [0, 0.1) is 20.8 Å². The lowest BCUT2D eigenvalue weighted by Gasteiger charge is -2.21. The molecular formula is C23H28N4O4S2. The van der Waals surface area contributed by atoms with Gasteiger partial charge in [-0.2, -0.15) is 4.31 Å². The zero-order chi connectivity index (χ0) is 23.8. The molecular weight excluding hydrogens is 460 g/mol. The van der Waals surface area contributed by atoms with Crippen LogP contribution in [0.3, 0.4) is 0 Å². The number of sulfonamides is 1. The molecule has 1 fully saturated rings. The second kappa shape index (κ2) is 9.36. The molecule has 1 aliphatic heterocycles. The van der Waals surface area contributed by atoms with Gasteiger partial charge in [0.2, 0.25) is 10.0 Å². The highest BCUT2D eigenvalue weighted by atomic mass is 32.2. The third kappa shape index (κ3) is 4.60. The Hall–Kier alpha value is -2.56. The molecule has 0 saturated carbocycles. The highest BCUT2D eigenvalue weighted by Gasteiger charge is 2.33. The lowest BCUT2D eigenvalue weighted by Crippen LogP contribution is -2.37. The summed E-state index contributed by atoms with van der Waals surface area (Å²) >= 11 is 1.39. The van der Waals surface area contributed by atoms with Gasteiger partial charge in [-0.25, -0.2) is 13.4 Å². The summed E-state index contributed by atoms with van der Waals surface area (Å²) in [5.74, 6) is 0.183. The molecule has 1 saturated heterocycles. The number of aryl methyl sites for hydroxylation is 4. The van der Waals surface area contributed by atoms with E-state index in [0.29, 0.717) is 42.3 Å². The molecule has 1 aromatic carbocycles. The molecule has 0 bridgehead atoms. The third-order valence-electron chi connectivity index (χ3n) is 5.91. The van der Waals surface area contributed by atoms with Gasteiger partial charge in [-0.05, 0) is 39.2 Å². The van der Waals surface area contributed by atoms with Crippen molar-refractivity contribution in [3.8, 4) is 10.6 Å². The van der Waals surface area contributed by atoms with Crippen LogP contribution in [0.4, 0.5) is 0 Å². The molecule has 1 amide bonds. The predicted octanol–water partition coefficient (Wildman–Crippen LogP) is 3.82. The fourth-order valence-corrected chi connectivity index (χ4v) is 6.85. The SMILES string of the molecule is CCc1ccc(-c2nc(C)c(C(=O)N3CCCN(S(=O)(=O)c4c(C)noc4C)CC3)s2)cc1. The van der Waals surface area contributed by atoms with Gasteiger partial charge in [0.05, 0.1) is 5.69 Å². The summed E-state index contributed by atoms with van der Waals surface area (Å²) in [6.45, 7) is 8.55. The lowest BCUT2D eigenvalue weighted by molar-refractivity contribution is 0.0768. The van der Waals surface area contributed by atoms with Crippen molar-refractivity contribution in [2.45, 2.75) is 45.4 Å². The van der Waals surface area contributed by atoms with E-state index in [1.165, 1.54) is 21.2 Å². The van der Waals surface area contributed by atoms with E-state index in [1.54, 1.807) is 18.7 Å². The molecule has 2 aromatic heterocycles. The molecule has 33 heavy (non-hydrogen) atoms. The Kier molecular flexibility index (Phi) is 6.69.